The molecule has 0 bridgehead atoms. The van der Waals surface area contributed by atoms with Gasteiger partial charge in [-0.1, -0.05) is 18.2 Å². The second-order valence-electron chi connectivity index (χ2n) is 5.12. The molecule has 3 aromatic rings. The maximum absolute atomic E-state index is 12.5. The molecule has 0 aliphatic heterocycles. The zero-order valence-electron chi connectivity index (χ0n) is 13.4. The van der Waals surface area contributed by atoms with Crippen LogP contribution in [0.3, 0.4) is 0 Å². The Morgan fingerprint density at radius 2 is 1.96 bits per heavy atom. The Hall–Kier alpha value is -3.26. The molecule has 0 atom stereocenters. The highest BCUT2D eigenvalue weighted by Crippen LogP contribution is 2.34. The van der Waals surface area contributed by atoms with Crippen LogP contribution in [0.25, 0.3) is 16.6 Å². The van der Waals surface area contributed by atoms with Gasteiger partial charge in [-0.15, -0.1) is 0 Å². The molecule has 0 N–H and O–H groups in total. The lowest BCUT2D eigenvalue weighted by molar-refractivity contribution is 0.0529. The number of hydrogen-bond donors (Lipinski definition) is 0. The fourth-order valence-electron chi connectivity index (χ4n) is 2.77. The van der Waals surface area contributed by atoms with Gasteiger partial charge in [0.25, 0.3) is 0 Å². The predicted octanol–water partition coefficient (Wildman–Crippen LogP) is 3.66. The van der Waals surface area contributed by atoms with Crippen molar-refractivity contribution in [2.75, 3.05) is 13.7 Å². The van der Waals surface area contributed by atoms with E-state index in [2.05, 4.69) is 6.07 Å². The van der Waals surface area contributed by atoms with Gasteiger partial charge in [-0.3, -0.25) is 0 Å². The van der Waals surface area contributed by atoms with Gasteiger partial charge in [-0.05, 0) is 36.8 Å². The summed E-state index contributed by atoms with van der Waals surface area (Å²) >= 11 is 0. The van der Waals surface area contributed by atoms with Gasteiger partial charge in [0.05, 0.1) is 24.8 Å². The van der Waals surface area contributed by atoms with E-state index >= 15 is 0 Å². The van der Waals surface area contributed by atoms with Crippen LogP contribution in [0.5, 0.6) is 5.75 Å². The number of nitrogens with zero attached hydrogens (tertiary/aromatic N) is 2. The van der Waals surface area contributed by atoms with E-state index in [1.54, 1.807) is 42.8 Å². The van der Waals surface area contributed by atoms with Crippen LogP contribution < -0.4 is 4.74 Å². The number of rotatable bonds is 4. The topological polar surface area (TPSA) is 63.7 Å². The Kier molecular flexibility index (Phi) is 4.21. The van der Waals surface area contributed by atoms with Crippen LogP contribution in [-0.4, -0.2) is 24.1 Å². The van der Waals surface area contributed by atoms with Crippen molar-refractivity contribution in [3.8, 4) is 22.9 Å². The largest absolute Gasteiger partial charge is 0.497 e. The molecule has 0 aliphatic rings. The normalized spacial score (nSPS) is 10.4. The van der Waals surface area contributed by atoms with Gasteiger partial charge >= 0.3 is 5.97 Å². The Labute approximate surface area is 139 Å². The van der Waals surface area contributed by atoms with E-state index in [0.717, 1.165) is 5.56 Å². The summed E-state index contributed by atoms with van der Waals surface area (Å²) in [6.07, 6.45) is 1.77. The number of carbonyl (C=O) groups is 1. The zero-order valence-corrected chi connectivity index (χ0v) is 13.4. The number of aromatic nitrogens is 1. The molecular formula is C19H16N2O3. The number of ether oxygens (including phenoxy) is 2. The molecule has 0 spiro atoms. The molecule has 3 rings (SSSR count). The SMILES string of the molecule is CCOC(=O)c1c(-c2ccc(OC)cc2)c(C#N)n2ccccc12. The van der Waals surface area contributed by atoms with Crippen molar-refractivity contribution in [1.82, 2.24) is 4.40 Å². The average Bonchev–Trinajstić information content (AvgIpc) is 2.96. The molecule has 2 aromatic heterocycles. The smallest absolute Gasteiger partial charge is 0.341 e. The lowest BCUT2D eigenvalue weighted by Gasteiger charge is -2.06. The van der Waals surface area contributed by atoms with Crippen LogP contribution in [-0.2, 0) is 4.74 Å². The summed E-state index contributed by atoms with van der Waals surface area (Å²) < 4.78 is 12.1. The number of pyridine rings is 1. The molecule has 0 fully saturated rings. The Morgan fingerprint density at radius 3 is 2.58 bits per heavy atom. The minimum Gasteiger partial charge on any atom is -0.497 e. The fraction of sp³-hybridized carbons (Fsp3) is 0.158. The van der Waals surface area contributed by atoms with Gasteiger partial charge in [0.2, 0.25) is 0 Å². The summed E-state index contributed by atoms with van der Waals surface area (Å²) in [5, 5.41) is 9.66. The quantitative estimate of drug-likeness (QED) is 0.688. The molecule has 1 aromatic carbocycles. The third-order valence-electron chi connectivity index (χ3n) is 3.81. The Morgan fingerprint density at radius 1 is 1.21 bits per heavy atom. The van der Waals surface area contributed by atoms with Crippen molar-refractivity contribution in [2.24, 2.45) is 0 Å². The number of carbonyl (C=O) groups excluding carboxylic acids is 1. The van der Waals surface area contributed by atoms with E-state index in [9.17, 15) is 10.1 Å². The highest BCUT2D eigenvalue weighted by molar-refractivity contribution is 6.06. The molecule has 0 unspecified atom stereocenters. The molecule has 24 heavy (non-hydrogen) atoms. The van der Waals surface area contributed by atoms with Crippen LogP contribution in [0.4, 0.5) is 0 Å². The Bertz CT molecular complexity index is 934. The van der Waals surface area contributed by atoms with Crippen LogP contribution in [0.2, 0.25) is 0 Å². The molecule has 5 heteroatoms. The molecular weight excluding hydrogens is 304 g/mol. The maximum Gasteiger partial charge on any atom is 0.341 e. The van der Waals surface area contributed by atoms with Gasteiger partial charge < -0.3 is 13.9 Å². The monoisotopic (exact) mass is 320 g/mol. The fourth-order valence-corrected chi connectivity index (χ4v) is 2.77. The van der Waals surface area contributed by atoms with Crippen molar-refractivity contribution in [2.45, 2.75) is 6.92 Å². The third-order valence-corrected chi connectivity index (χ3v) is 3.81. The highest BCUT2D eigenvalue weighted by atomic mass is 16.5. The average molecular weight is 320 g/mol. The highest BCUT2D eigenvalue weighted by Gasteiger charge is 2.25. The summed E-state index contributed by atoms with van der Waals surface area (Å²) in [4.78, 5) is 12.5. The van der Waals surface area contributed by atoms with Gasteiger partial charge in [-0.2, -0.15) is 5.26 Å². The first kappa shape index (κ1) is 15.6. The number of esters is 1. The number of benzene rings is 1. The molecule has 0 amide bonds. The minimum atomic E-state index is -0.437. The molecule has 2 heterocycles. The first-order chi connectivity index (χ1) is 11.7. The summed E-state index contributed by atoms with van der Waals surface area (Å²) in [6.45, 7) is 2.03. The second-order valence-corrected chi connectivity index (χ2v) is 5.12. The molecule has 0 aliphatic carbocycles. The van der Waals surface area contributed by atoms with E-state index in [1.165, 1.54) is 0 Å². The zero-order chi connectivity index (χ0) is 17.1. The first-order valence-electron chi connectivity index (χ1n) is 7.56. The van der Waals surface area contributed by atoms with Crippen molar-refractivity contribution in [1.29, 1.82) is 5.26 Å². The molecule has 5 nitrogen and oxygen atoms in total. The number of nitriles is 1. The van der Waals surface area contributed by atoms with Crippen LogP contribution in [0.15, 0.2) is 48.7 Å². The van der Waals surface area contributed by atoms with E-state index < -0.39 is 5.97 Å². The van der Waals surface area contributed by atoms with Gasteiger partial charge in [-0.25, -0.2) is 4.79 Å². The van der Waals surface area contributed by atoms with Crippen LogP contribution in [0.1, 0.15) is 23.0 Å². The van der Waals surface area contributed by atoms with E-state index in [4.69, 9.17) is 9.47 Å². The Balaban J connectivity index is 2.33. The summed E-state index contributed by atoms with van der Waals surface area (Å²) in [5.74, 6) is 0.271. The molecule has 0 saturated heterocycles. The lowest BCUT2D eigenvalue weighted by Crippen LogP contribution is -2.05. The lowest BCUT2D eigenvalue weighted by atomic mass is 10.0. The van der Waals surface area contributed by atoms with Crippen molar-refractivity contribution in [3.63, 3.8) is 0 Å². The second kappa shape index (κ2) is 6.47. The number of hydrogen-bond acceptors (Lipinski definition) is 4. The maximum atomic E-state index is 12.5. The van der Waals surface area contributed by atoms with E-state index in [0.29, 0.717) is 28.1 Å². The standard InChI is InChI=1S/C19H16N2O3/c1-3-24-19(22)18-15-6-4-5-11-21(15)16(12-20)17(18)13-7-9-14(23-2)10-8-13/h4-11H,3H2,1-2H3. The van der Waals surface area contributed by atoms with Crippen LogP contribution in [0, 0.1) is 11.3 Å². The van der Waals surface area contributed by atoms with Crippen molar-refractivity contribution >= 4 is 11.5 Å². The predicted molar refractivity (Wildman–Crippen MR) is 90.1 cm³/mol. The summed E-state index contributed by atoms with van der Waals surface area (Å²) in [5.41, 5.74) is 2.79. The molecule has 0 radical (unpaired) electrons. The van der Waals surface area contributed by atoms with E-state index in [-0.39, 0.29) is 6.61 Å². The summed E-state index contributed by atoms with van der Waals surface area (Å²) in [7, 11) is 1.59. The van der Waals surface area contributed by atoms with Crippen LogP contribution >= 0.6 is 0 Å². The minimum absolute atomic E-state index is 0.271. The first-order valence-corrected chi connectivity index (χ1v) is 7.56. The van der Waals surface area contributed by atoms with Gasteiger partial charge in [0, 0.05) is 11.8 Å². The number of fused-ring (bicyclic) bond motifs is 1. The van der Waals surface area contributed by atoms with Crippen molar-refractivity contribution < 1.29 is 14.3 Å². The molecule has 120 valence electrons. The number of methoxy groups -OCH3 is 1. The van der Waals surface area contributed by atoms with Gasteiger partial charge in [0.1, 0.15) is 17.5 Å². The third kappa shape index (κ3) is 2.48. The van der Waals surface area contributed by atoms with Crippen molar-refractivity contribution in [3.05, 3.63) is 59.9 Å². The summed E-state index contributed by atoms with van der Waals surface area (Å²) in [6, 6.07) is 14.9. The molecule has 0 saturated carbocycles. The van der Waals surface area contributed by atoms with Gasteiger partial charge in [0.15, 0.2) is 0 Å². The van der Waals surface area contributed by atoms with E-state index in [1.807, 2.05) is 24.3 Å².